The molecule has 0 bridgehead atoms. The summed E-state index contributed by atoms with van der Waals surface area (Å²) in [5, 5.41) is 13.7. The first-order valence-electron chi connectivity index (χ1n) is 5.58. The molecule has 0 amide bonds. The van der Waals surface area contributed by atoms with Crippen molar-refractivity contribution in [3.8, 4) is 5.88 Å². The molecule has 1 N–H and O–H groups in total. The number of aromatic nitrogens is 2. The molecule has 0 aliphatic heterocycles. The Kier molecular flexibility index (Phi) is 3.36. The molecule has 1 heterocycles. The van der Waals surface area contributed by atoms with E-state index in [0.29, 0.717) is 25.0 Å². The lowest BCUT2D eigenvalue weighted by molar-refractivity contribution is -0.386. The Morgan fingerprint density at radius 2 is 2.41 bits per heavy atom. The lowest BCUT2D eigenvalue weighted by atomic mass is 10.4. The van der Waals surface area contributed by atoms with E-state index >= 15 is 0 Å². The van der Waals surface area contributed by atoms with Gasteiger partial charge in [-0.3, -0.25) is 10.1 Å². The highest BCUT2D eigenvalue weighted by atomic mass is 16.6. The van der Waals surface area contributed by atoms with Crippen molar-refractivity contribution in [3.05, 3.63) is 16.3 Å². The second-order valence-corrected chi connectivity index (χ2v) is 3.93. The van der Waals surface area contributed by atoms with Gasteiger partial charge >= 0.3 is 5.69 Å². The first-order valence-corrected chi connectivity index (χ1v) is 5.58. The molecule has 1 fully saturated rings. The fourth-order valence-electron chi connectivity index (χ4n) is 1.32. The highest BCUT2D eigenvalue weighted by molar-refractivity contribution is 5.43. The van der Waals surface area contributed by atoms with Crippen LogP contribution in [0.5, 0.6) is 5.88 Å². The predicted octanol–water partition coefficient (Wildman–Crippen LogP) is 1.61. The van der Waals surface area contributed by atoms with Gasteiger partial charge in [-0.25, -0.2) is 4.98 Å². The summed E-state index contributed by atoms with van der Waals surface area (Å²) >= 11 is 0. The van der Waals surface area contributed by atoms with Crippen molar-refractivity contribution in [1.82, 2.24) is 9.97 Å². The zero-order valence-electron chi connectivity index (χ0n) is 9.55. The third-order valence-electron chi connectivity index (χ3n) is 2.42. The molecule has 0 atom stereocenters. The van der Waals surface area contributed by atoms with Gasteiger partial charge in [0.1, 0.15) is 6.20 Å². The van der Waals surface area contributed by atoms with Crippen molar-refractivity contribution in [2.24, 2.45) is 5.92 Å². The summed E-state index contributed by atoms with van der Waals surface area (Å²) in [6.45, 7) is 3.04. The van der Waals surface area contributed by atoms with Crippen LogP contribution in [-0.4, -0.2) is 28.0 Å². The average Bonchev–Trinajstić information content (AvgIpc) is 3.10. The molecule has 7 heteroatoms. The summed E-state index contributed by atoms with van der Waals surface area (Å²) < 4.78 is 5.38. The van der Waals surface area contributed by atoms with E-state index in [0.717, 1.165) is 12.8 Å². The molecule has 1 aliphatic carbocycles. The van der Waals surface area contributed by atoms with Crippen LogP contribution in [-0.2, 0) is 0 Å². The number of anilines is 1. The Morgan fingerprint density at radius 1 is 1.65 bits per heavy atom. The molecule has 1 aliphatic rings. The third kappa shape index (κ3) is 3.02. The van der Waals surface area contributed by atoms with Crippen LogP contribution in [0.15, 0.2) is 6.20 Å². The quantitative estimate of drug-likeness (QED) is 0.598. The summed E-state index contributed by atoms with van der Waals surface area (Å²) in [7, 11) is 0. The SMILES string of the molecule is CCNc1ncc([N+](=O)[O-])c(OCC2CC2)n1. The van der Waals surface area contributed by atoms with Crippen molar-refractivity contribution in [1.29, 1.82) is 0 Å². The van der Waals surface area contributed by atoms with Crippen molar-refractivity contribution >= 4 is 11.6 Å². The fourth-order valence-corrected chi connectivity index (χ4v) is 1.32. The number of hydrogen-bond acceptors (Lipinski definition) is 6. The molecule has 1 aromatic rings. The Bertz CT molecular complexity index is 420. The molecular formula is C10H14N4O3. The van der Waals surface area contributed by atoms with Crippen molar-refractivity contribution in [2.45, 2.75) is 19.8 Å². The first kappa shape index (κ1) is 11.6. The molecule has 1 saturated carbocycles. The monoisotopic (exact) mass is 238 g/mol. The topological polar surface area (TPSA) is 90.2 Å². The normalized spacial score (nSPS) is 14.4. The van der Waals surface area contributed by atoms with E-state index in [2.05, 4.69) is 15.3 Å². The summed E-state index contributed by atoms with van der Waals surface area (Å²) in [5.74, 6) is 0.920. The van der Waals surface area contributed by atoms with Gasteiger partial charge in [0.2, 0.25) is 5.95 Å². The van der Waals surface area contributed by atoms with Crippen molar-refractivity contribution in [2.75, 3.05) is 18.5 Å². The van der Waals surface area contributed by atoms with Crippen LogP contribution in [0.4, 0.5) is 11.6 Å². The zero-order chi connectivity index (χ0) is 12.3. The number of ether oxygens (including phenoxy) is 1. The Hall–Kier alpha value is -1.92. The van der Waals surface area contributed by atoms with Gasteiger partial charge in [0.25, 0.3) is 5.88 Å². The molecule has 0 radical (unpaired) electrons. The van der Waals surface area contributed by atoms with E-state index in [1.54, 1.807) is 0 Å². The zero-order valence-corrected chi connectivity index (χ0v) is 9.55. The first-order chi connectivity index (χ1) is 8.20. The van der Waals surface area contributed by atoms with Crippen molar-refractivity contribution < 1.29 is 9.66 Å². The number of hydrogen-bond donors (Lipinski definition) is 1. The number of nitro groups is 1. The number of nitrogens with zero attached hydrogens (tertiary/aromatic N) is 3. The standard InChI is InChI=1S/C10H14N4O3/c1-2-11-10-12-5-8(14(15)16)9(13-10)17-6-7-3-4-7/h5,7H,2-4,6H2,1H3,(H,11,12,13). The van der Waals surface area contributed by atoms with Gasteiger partial charge in [0, 0.05) is 6.54 Å². The third-order valence-corrected chi connectivity index (χ3v) is 2.42. The molecule has 0 spiro atoms. The fraction of sp³-hybridized carbons (Fsp3) is 0.600. The molecule has 1 aromatic heterocycles. The highest BCUT2D eigenvalue weighted by Gasteiger charge is 2.25. The second-order valence-electron chi connectivity index (χ2n) is 3.93. The van der Waals surface area contributed by atoms with Gasteiger partial charge < -0.3 is 10.1 Å². The number of nitrogens with one attached hydrogen (secondary N) is 1. The molecule has 0 unspecified atom stereocenters. The van der Waals surface area contributed by atoms with E-state index in [4.69, 9.17) is 4.74 Å². The summed E-state index contributed by atoms with van der Waals surface area (Å²) in [5.41, 5.74) is -0.188. The smallest absolute Gasteiger partial charge is 0.349 e. The van der Waals surface area contributed by atoms with Gasteiger partial charge in [-0.2, -0.15) is 4.98 Å². The maximum Gasteiger partial charge on any atom is 0.349 e. The van der Waals surface area contributed by atoms with Crippen molar-refractivity contribution in [3.63, 3.8) is 0 Å². The van der Waals surface area contributed by atoms with Gasteiger partial charge in [0.05, 0.1) is 11.5 Å². The molecule has 2 rings (SSSR count). The molecule has 7 nitrogen and oxygen atoms in total. The van der Waals surface area contributed by atoms with Crippen LogP contribution in [0.1, 0.15) is 19.8 Å². The summed E-state index contributed by atoms with van der Waals surface area (Å²) in [4.78, 5) is 18.1. The molecule has 0 aromatic carbocycles. The molecule has 0 saturated heterocycles. The lowest BCUT2D eigenvalue weighted by Crippen LogP contribution is -2.08. The van der Waals surface area contributed by atoms with Crippen LogP contribution >= 0.6 is 0 Å². The minimum atomic E-state index is -0.530. The number of rotatable bonds is 6. The van der Waals surface area contributed by atoms with Crippen LogP contribution < -0.4 is 10.1 Å². The maximum atomic E-state index is 10.8. The van der Waals surface area contributed by atoms with E-state index in [9.17, 15) is 10.1 Å². The van der Waals surface area contributed by atoms with Gasteiger partial charge in [-0.15, -0.1) is 0 Å². The second kappa shape index (κ2) is 4.94. The summed E-state index contributed by atoms with van der Waals surface area (Å²) in [6.07, 6.45) is 3.42. The minimum Gasteiger partial charge on any atom is -0.472 e. The van der Waals surface area contributed by atoms with Crippen LogP contribution in [0.2, 0.25) is 0 Å². The van der Waals surface area contributed by atoms with Gasteiger partial charge in [0.15, 0.2) is 0 Å². The van der Waals surface area contributed by atoms with E-state index in [1.165, 1.54) is 6.20 Å². The van der Waals surface area contributed by atoms with Crippen LogP contribution in [0.3, 0.4) is 0 Å². The highest BCUT2D eigenvalue weighted by Crippen LogP contribution is 2.31. The average molecular weight is 238 g/mol. The molecule has 17 heavy (non-hydrogen) atoms. The van der Waals surface area contributed by atoms with E-state index in [1.807, 2.05) is 6.92 Å². The van der Waals surface area contributed by atoms with Gasteiger partial charge in [-0.05, 0) is 25.7 Å². The largest absolute Gasteiger partial charge is 0.472 e. The Balaban J connectivity index is 2.15. The van der Waals surface area contributed by atoms with Crippen LogP contribution in [0, 0.1) is 16.0 Å². The molecule has 92 valence electrons. The van der Waals surface area contributed by atoms with E-state index < -0.39 is 4.92 Å². The Morgan fingerprint density at radius 3 is 3.00 bits per heavy atom. The van der Waals surface area contributed by atoms with Gasteiger partial charge in [-0.1, -0.05) is 0 Å². The summed E-state index contributed by atoms with van der Waals surface area (Å²) in [6, 6.07) is 0. The minimum absolute atomic E-state index is 0.0489. The Labute approximate surface area is 98.4 Å². The lowest BCUT2D eigenvalue weighted by Gasteiger charge is -2.06. The maximum absolute atomic E-state index is 10.8. The van der Waals surface area contributed by atoms with Crippen LogP contribution in [0.25, 0.3) is 0 Å². The molecular weight excluding hydrogens is 224 g/mol. The predicted molar refractivity (Wildman–Crippen MR) is 61.1 cm³/mol. The van der Waals surface area contributed by atoms with E-state index in [-0.39, 0.29) is 11.6 Å².